The van der Waals surface area contributed by atoms with Gasteiger partial charge in [-0.25, -0.2) is 0 Å². The molecule has 2 aliphatic rings. The van der Waals surface area contributed by atoms with Gasteiger partial charge in [-0.3, -0.25) is 9.59 Å². The first-order valence-electron chi connectivity index (χ1n) is 10.4. The Bertz CT molecular complexity index is 655. The molecule has 1 saturated heterocycles. The molecule has 154 valence electrons. The molecule has 2 fully saturated rings. The van der Waals surface area contributed by atoms with Gasteiger partial charge in [0.05, 0.1) is 20.6 Å². The van der Waals surface area contributed by atoms with Crippen LogP contribution in [0.3, 0.4) is 0 Å². The second-order valence-corrected chi connectivity index (χ2v) is 7.77. The first-order valence-corrected chi connectivity index (χ1v) is 10.4. The topological polar surface area (TPSA) is 59.1 Å². The minimum absolute atomic E-state index is 0.0425. The number of rotatable bonds is 7. The van der Waals surface area contributed by atoms with Crippen molar-refractivity contribution in [3.8, 4) is 11.5 Å². The summed E-state index contributed by atoms with van der Waals surface area (Å²) in [6.45, 7) is 2.42. The number of amides is 2. The lowest BCUT2D eigenvalue weighted by Crippen LogP contribution is -2.51. The molecule has 1 aliphatic heterocycles. The molecular weight excluding hydrogens is 356 g/mol. The highest BCUT2D eigenvalue weighted by molar-refractivity contribution is 5.81. The van der Waals surface area contributed by atoms with Crippen LogP contribution in [0.1, 0.15) is 44.1 Å². The van der Waals surface area contributed by atoms with Crippen LogP contribution in [0.2, 0.25) is 0 Å². The Balaban J connectivity index is 1.49. The maximum Gasteiger partial charge on any atom is 0.227 e. The lowest BCUT2D eigenvalue weighted by atomic mass is 10.0. The Hall–Kier alpha value is -2.24. The van der Waals surface area contributed by atoms with Gasteiger partial charge in [-0.05, 0) is 24.5 Å². The number of carbonyl (C=O) groups is 2. The molecule has 3 rings (SSSR count). The van der Waals surface area contributed by atoms with Gasteiger partial charge < -0.3 is 19.3 Å². The minimum Gasteiger partial charge on any atom is -0.496 e. The number of methoxy groups -OCH3 is 2. The van der Waals surface area contributed by atoms with Crippen molar-refractivity contribution in [1.29, 1.82) is 0 Å². The summed E-state index contributed by atoms with van der Waals surface area (Å²) < 4.78 is 10.8. The molecule has 6 heteroatoms. The maximum absolute atomic E-state index is 12.8. The van der Waals surface area contributed by atoms with Crippen molar-refractivity contribution in [3.63, 3.8) is 0 Å². The van der Waals surface area contributed by atoms with E-state index in [1.165, 1.54) is 25.7 Å². The van der Waals surface area contributed by atoms with Crippen molar-refractivity contribution in [2.75, 3.05) is 40.4 Å². The zero-order valence-corrected chi connectivity index (χ0v) is 17.1. The van der Waals surface area contributed by atoms with Crippen LogP contribution in [0, 0.1) is 5.92 Å². The highest BCUT2D eigenvalue weighted by Crippen LogP contribution is 2.30. The molecule has 28 heavy (non-hydrogen) atoms. The summed E-state index contributed by atoms with van der Waals surface area (Å²) >= 11 is 0. The molecule has 0 unspecified atom stereocenters. The standard InChI is InChI=1S/C22H32N2O4/c1-27-19-8-5-9-20(28-2)18(19)16-22(26)24-14-12-23(13-15-24)21(25)11-10-17-6-3-4-7-17/h5,8-9,17H,3-4,6-7,10-16H2,1-2H3. The maximum atomic E-state index is 12.8. The summed E-state index contributed by atoms with van der Waals surface area (Å²) in [5.41, 5.74) is 0.771. The van der Waals surface area contributed by atoms with Gasteiger partial charge in [-0.1, -0.05) is 31.7 Å². The summed E-state index contributed by atoms with van der Waals surface area (Å²) in [4.78, 5) is 29.0. The van der Waals surface area contributed by atoms with E-state index in [4.69, 9.17) is 9.47 Å². The second kappa shape index (κ2) is 9.80. The molecular formula is C22H32N2O4. The summed E-state index contributed by atoms with van der Waals surface area (Å²) in [5, 5.41) is 0. The lowest BCUT2D eigenvalue weighted by Gasteiger charge is -2.35. The number of piperazine rings is 1. The van der Waals surface area contributed by atoms with Gasteiger partial charge in [0.25, 0.3) is 0 Å². The zero-order valence-electron chi connectivity index (χ0n) is 17.1. The number of hydrogen-bond donors (Lipinski definition) is 0. The van der Waals surface area contributed by atoms with E-state index in [1.807, 2.05) is 28.0 Å². The molecule has 2 amide bonds. The zero-order chi connectivity index (χ0) is 19.9. The van der Waals surface area contributed by atoms with Crippen LogP contribution < -0.4 is 9.47 Å². The molecule has 1 heterocycles. The number of hydrogen-bond acceptors (Lipinski definition) is 4. The third-order valence-corrected chi connectivity index (χ3v) is 6.08. The predicted octanol–water partition coefficient (Wildman–Crippen LogP) is 2.89. The van der Waals surface area contributed by atoms with E-state index in [0.29, 0.717) is 44.1 Å². The quantitative estimate of drug-likeness (QED) is 0.721. The van der Waals surface area contributed by atoms with Crippen LogP contribution in [-0.4, -0.2) is 62.0 Å². The van der Waals surface area contributed by atoms with Gasteiger partial charge in [0.1, 0.15) is 11.5 Å². The first-order chi connectivity index (χ1) is 13.6. The summed E-state index contributed by atoms with van der Waals surface area (Å²) in [7, 11) is 3.19. The smallest absolute Gasteiger partial charge is 0.227 e. The number of carbonyl (C=O) groups excluding carboxylic acids is 2. The van der Waals surface area contributed by atoms with Gasteiger partial charge in [0.15, 0.2) is 0 Å². The van der Waals surface area contributed by atoms with Gasteiger partial charge >= 0.3 is 0 Å². The van der Waals surface area contributed by atoms with Gasteiger partial charge in [0.2, 0.25) is 11.8 Å². The average Bonchev–Trinajstić information content (AvgIpc) is 3.26. The fraction of sp³-hybridized carbons (Fsp3) is 0.636. The minimum atomic E-state index is 0.0425. The van der Waals surface area contributed by atoms with Gasteiger partial charge in [0, 0.05) is 38.2 Å². The molecule has 1 aromatic carbocycles. The summed E-state index contributed by atoms with van der Waals surface area (Å²) in [6, 6.07) is 5.53. The van der Waals surface area contributed by atoms with Crippen LogP contribution in [0.5, 0.6) is 11.5 Å². The molecule has 6 nitrogen and oxygen atoms in total. The Kier molecular flexibility index (Phi) is 7.18. The number of benzene rings is 1. The van der Waals surface area contributed by atoms with Crippen molar-refractivity contribution in [1.82, 2.24) is 9.80 Å². The van der Waals surface area contributed by atoms with E-state index in [9.17, 15) is 9.59 Å². The highest BCUT2D eigenvalue weighted by atomic mass is 16.5. The highest BCUT2D eigenvalue weighted by Gasteiger charge is 2.26. The van der Waals surface area contributed by atoms with E-state index in [2.05, 4.69) is 0 Å². The Morgan fingerprint density at radius 1 is 0.929 bits per heavy atom. The monoisotopic (exact) mass is 388 g/mol. The van der Waals surface area contributed by atoms with Crippen LogP contribution in [-0.2, 0) is 16.0 Å². The first kappa shape index (κ1) is 20.5. The second-order valence-electron chi connectivity index (χ2n) is 7.77. The fourth-order valence-electron chi connectivity index (χ4n) is 4.36. The molecule has 0 bridgehead atoms. The van der Waals surface area contributed by atoms with Crippen molar-refractivity contribution < 1.29 is 19.1 Å². The molecule has 1 aromatic rings. The molecule has 0 N–H and O–H groups in total. The normalized spacial score (nSPS) is 17.6. The lowest BCUT2D eigenvalue weighted by molar-refractivity contribution is -0.139. The SMILES string of the molecule is COc1cccc(OC)c1CC(=O)N1CCN(C(=O)CCC2CCCC2)CC1. The van der Waals surface area contributed by atoms with Crippen molar-refractivity contribution in [2.45, 2.75) is 44.9 Å². The average molecular weight is 389 g/mol. The third kappa shape index (κ3) is 4.97. The Morgan fingerprint density at radius 3 is 2.00 bits per heavy atom. The van der Waals surface area contributed by atoms with Gasteiger partial charge in [-0.2, -0.15) is 0 Å². The van der Waals surface area contributed by atoms with E-state index in [1.54, 1.807) is 14.2 Å². The Morgan fingerprint density at radius 2 is 1.46 bits per heavy atom. The molecule has 1 aliphatic carbocycles. The van der Waals surface area contributed by atoms with Crippen molar-refractivity contribution in [2.24, 2.45) is 5.92 Å². The van der Waals surface area contributed by atoms with Crippen LogP contribution >= 0.6 is 0 Å². The van der Waals surface area contributed by atoms with Crippen molar-refractivity contribution >= 4 is 11.8 Å². The molecule has 0 atom stereocenters. The van der Waals surface area contributed by atoms with Gasteiger partial charge in [-0.15, -0.1) is 0 Å². The summed E-state index contributed by atoms with van der Waals surface area (Å²) in [6.07, 6.45) is 7.10. The molecule has 0 spiro atoms. The third-order valence-electron chi connectivity index (χ3n) is 6.08. The van der Waals surface area contributed by atoms with Crippen LogP contribution in [0.25, 0.3) is 0 Å². The van der Waals surface area contributed by atoms with Crippen LogP contribution in [0.4, 0.5) is 0 Å². The largest absolute Gasteiger partial charge is 0.496 e. The Labute approximate surface area is 167 Å². The van der Waals surface area contributed by atoms with E-state index in [0.717, 1.165) is 17.9 Å². The molecule has 0 radical (unpaired) electrons. The van der Waals surface area contributed by atoms with E-state index >= 15 is 0 Å². The number of nitrogens with zero attached hydrogens (tertiary/aromatic N) is 2. The fourth-order valence-corrected chi connectivity index (χ4v) is 4.36. The van der Waals surface area contributed by atoms with E-state index < -0.39 is 0 Å². The van der Waals surface area contributed by atoms with Crippen molar-refractivity contribution in [3.05, 3.63) is 23.8 Å². The van der Waals surface area contributed by atoms with E-state index in [-0.39, 0.29) is 18.2 Å². The predicted molar refractivity (Wildman–Crippen MR) is 108 cm³/mol. The summed E-state index contributed by atoms with van der Waals surface area (Å²) in [5.74, 6) is 2.34. The number of ether oxygens (including phenoxy) is 2. The van der Waals surface area contributed by atoms with Crippen LogP contribution in [0.15, 0.2) is 18.2 Å². The molecule has 1 saturated carbocycles. The molecule has 0 aromatic heterocycles.